The second-order valence-electron chi connectivity index (χ2n) is 7.37. The van der Waals surface area contributed by atoms with E-state index in [1.165, 1.54) is 17.4 Å². The highest BCUT2D eigenvalue weighted by Crippen LogP contribution is 2.34. The largest absolute Gasteiger partial charge is 0.411 e. The molecule has 1 aliphatic rings. The lowest BCUT2D eigenvalue weighted by molar-refractivity contribution is 0.0754. The molecule has 0 bridgehead atoms. The van der Waals surface area contributed by atoms with E-state index in [1.807, 2.05) is 26.0 Å². The van der Waals surface area contributed by atoms with Crippen molar-refractivity contribution >= 4 is 33.0 Å². The van der Waals surface area contributed by atoms with Gasteiger partial charge in [0.2, 0.25) is 0 Å². The first-order valence-corrected chi connectivity index (χ1v) is 11.9. The van der Waals surface area contributed by atoms with Crippen LogP contribution in [-0.2, 0) is 10.0 Å². The Morgan fingerprint density at radius 3 is 2.60 bits per heavy atom. The fourth-order valence-corrected chi connectivity index (χ4v) is 5.98. The lowest BCUT2D eigenvalue weighted by Crippen LogP contribution is -2.27. The molecule has 1 amide bonds. The van der Waals surface area contributed by atoms with Crippen LogP contribution >= 0.6 is 11.3 Å². The first kappa shape index (κ1) is 20.5. The number of carbonyl (C=O) groups is 1. The van der Waals surface area contributed by atoms with E-state index in [4.69, 9.17) is 4.42 Å². The normalized spacial score (nSPS) is 14.3. The molecular formula is C20H22N4O4S2. The highest BCUT2D eigenvalue weighted by atomic mass is 32.2. The van der Waals surface area contributed by atoms with Crippen molar-refractivity contribution in [2.24, 2.45) is 0 Å². The summed E-state index contributed by atoms with van der Waals surface area (Å²) in [5.74, 6) is -0.223. The molecule has 8 nitrogen and oxygen atoms in total. The highest BCUT2D eigenvalue weighted by molar-refractivity contribution is 7.93. The molecule has 0 spiro atoms. The molecule has 1 fully saturated rings. The van der Waals surface area contributed by atoms with Gasteiger partial charge >= 0.3 is 11.8 Å². The number of aromatic nitrogens is 2. The molecule has 2 aromatic heterocycles. The third-order valence-electron chi connectivity index (χ3n) is 5.01. The third-order valence-corrected chi connectivity index (χ3v) is 7.67. The number of likely N-dealkylation sites (tertiary alicyclic amines) is 1. The van der Waals surface area contributed by atoms with Gasteiger partial charge in [0.15, 0.2) is 0 Å². The number of nitrogens with zero attached hydrogens (tertiary/aromatic N) is 3. The fraction of sp³-hybridized carbons (Fsp3) is 0.350. The molecule has 0 saturated carbocycles. The van der Waals surface area contributed by atoms with Crippen LogP contribution in [0.15, 0.2) is 33.6 Å². The maximum atomic E-state index is 13.0. The molecule has 0 unspecified atom stereocenters. The average molecular weight is 447 g/mol. The summed E-state index contributed by atoms with van der Waals surface area (Å²) in [5, 5.41) is 7.82. The van der Waals surface area contributed by atoms with Gasteiger partial charge in [-0.15, -0.1) is 21.5 Å². The van der Waals surface area contributed by atoms with Crippen molar-refractivity contribution in [3.8, 4) is 10.8 Å². The Bertz CT molecular complexity index is 1210. The predicted octanol–water partition coefficient (Wildman–Crippen LogP) is 3.76. The van der Waals surface area contributed by atoms with E-state index < -0.39 is 10.0 Å². The molecule has 158 valence electrons. The summed E-state index contributed by atoms with van der Waals surface area (Å²) in [6.45, 7) is 6.84. The number of carbonyl (C=O) groups excluding carboxylic acids is 1. The van der Waals surface area contributed by atoms with Crippen LogP contribution in [0.2, 0.25) is 0 Å². The van der Waals surface area contributed by atoms with Gasteiger partial charge in [0.1, 0.15) is 4.90 Å². The lowest BCUT2D eigenvalue weighted by atomic mass is 10.1. The number of amides is 1. The topological polar surface area (TPSA) is 105 Å². The maximum absolute atomic E-state index is 13.0. The van der Waals surface area contributed by atoms with Gasteiger partial charge in [-0.2, -0.15) is 0 Å². The van der Waals surface area contributed by atoms with Gasteiger partial charge in [0, 0.05) is 18.0 Å². The average Bonchev–Trinajstić information content (AvgIpc) is 3.43. The van der Waals surface area contributed by atoms with Crippen molar-refractivity contribution in [3.05, 3.63) is 46.2 Å². The van der Waals surface area contributed by atoms with E-state index in [-0.39, 0.29) is 22.6 Å². The van der Waals surface area contributed by atoms with Crippen molar-refractivity contribution < 1.29 is 17.6 Å². The van der Waals surface area contributed by atoms with E-state index in [1.54, 1.807) is 17.9 Å². The molecule has 0 aliphatic carbocycles. The molecular weight excluding hydrogens is 424 g/mol. The van der Waals surface area contributed by atoms with Gasteiger partial charge < -0.3 is 9.32 Å². The monoisotopic (exact) mass is 446 g/mol. The lowest BCUT2D eigenvalue weighted by Gasteiger charge is -2.11. The Labute approximate surface area is 179 Å². The molecule has 4 rings (SSSR count). The molecule has 1 saturated heterocycles. The Morgan fingerprint density at radius 1 is 1.13 bits per heavy atom. The van der Waals surface area contributed by atoms with Crippen molar-refractivity contribution in [1.82, 2.24) is 15.1 Å². The van der Waals surface area contributed by atoms with Crippen molar-refractivity contribution in [1.29, 1.82) is 0 Å². The molecule has 1 aromatic carbocycles. The summed E-state index contributed by atoms with van der Waals surface area (Å²) in [7, 11) is -3.80. The molecule has 3 heterocycles. The number of aryl methyl sites for hydroxylation is 3. The molecule has 10 heteroatoms. The SMILES string of the molecule is Cc1ccc(C)c(NS(=O)(=O)c2cc(-c3nnc(C(=O)N4CCCC4)o3)sc2C)c1. The number of hydrogen-bond donors (Lipinski definition) is 1. The molecule has 0 atom stereocenters. The highest BCUT2D eigenvalue weighted by Gasteiger charge is 2.27. The van der Waals surface area contributed by atoms with Crippen LogP contribution in [0.1, 0.15) is 39.5 Å². The quantitative estimate of drug-likeness (QED) is 0.640. The fourth-order valence-electron chi connectivity index (χ4n) is 3.35. The zero-order valence-electron chi connectivity index (χ0n) is 16.9. The third kappa shape index (κ3) is 3.97. The zero-order chi connectivity index (χ0) is 21.5. The molecule has 3 aromatic rings. The number of anilines is 1. The predicted molar refractivity (Wildman–Crippen MR) is 114 cm³/mol. The number of rotatable bonds is 5. The van der Waals surface area contributed by atoms with Crippen LogP contribution in [0.5, 0.6) is 0 Å². The van der Waals surface area contributed by atoms with Gasteiger partial charge in [0.25, 0.3) is 15.9 Å². The first-order valence-electron chi connectivity index (χ1n) is 9.58. The Hall–Kier alpha value is -2.72. The van der Waals surface area contributed by atoms with Gasteiger partial charge in [-0.05, 0) is 56.9 Å². The van der Waals surface area contributed by atoms with Crippen LogP contribution < -0.4 is 4.72 Å². The zero-order valence-corrected chi connectivity index (χ0v) is 18.6. The van der Waals surface area contributed by atoms with Crippen molar-refractivity contribution in [2.75, 3.05) is 17.8 Å². The van der Waals surface area contributed by atoms with E-state index in [0.29, 0.717) is 28.5 Å². The Balaban J connectivity index is 1.60. The van der Waals surface area contributed by atoms with Crippen molar-refractivity contribution in [3.63, 3.8) is 0 Å². The van der Waals surface area contributed by atoms with Crippen molar-refractivity contribution in [2.45, 2.75) is 38.5 Å². The number of thiophene rings is 1. The first-order chi connectivity index (χ1) is 14.2. The van der Waals surface area contributed by atoms with Crippen LogP contribution in [0.3, 0.4) is 0 Å². The number of benzene rings is 1. The summed E-state index contributed by atoms with van der Waals surface area (Å²) < 4.78 is 34.2. The Kier molecular flexibility index (Phi) is 5.37. The van der Waals surface area contributed by atoms with Gasteiger partial charge in [-0.25, -0.2) is 8.42 Å². The Morgan fingerprint density at radius 2 is 1.87 bits per heavy atom. The van der Waals surface area contributed by atoms with E-state index in [2.05, 4.69) is 14.9 Å². The van der Waals surface area contributed by atoms with Gasteiger partial charge in [0.05, 0.1) is 10.6 Å². The van der Waals surface area contributed by atoms with Crippen LogP contribution in [0.25, 0.3) is 10.8 Å². The minimum absolute atomic E-state index is 0.0733. The summed E-state index contributed by atoms with van der Waals surface area (Å²) >= 11 is 1.23. The second-order valence-corrected chi connectivity index (χ2v) is 10.3. The summed E-state index contributed by atoms with van der Waals surface area (Å²) in [5.41, 5.74) is 2.33. The van der Waals surface area contributed by atoms with Gasteiger partial charge in [-0.1, -0.05) is 12.1 Å². The van der Waals surface area contributed by atoms with E-state index >= 15 is 0 Å². The minimum atomic E-state index is -3.80. The second kappa shape index (κ2) is 7.84. The van der Waals surface area contributed by atoms with Crippen LogP contribution in [0.4, 0.5) is 5.69 Å². The minimum Gasteiger partial charge on any atom is -0.411 e. The maximum Gasteiger partial charge on any atom is 0.311 e. The molecule has 0 radical (unpaired) electrons. The number of sulfonamides is 1. The van der Waals surface area contributed by atoms with E-state index in [9.17, 15) is 13.2 Å². The van der Waals surface area contributed by atoms with E-state index in [0.717, 1.165) is 24.0 Å². The summed E-state index contributed by atoms with van der Waals surface area (Å²) in [6.07, 6.45) is 1.93. The smallest absolute Gasteiger partial charge is 0.311 e. The summed E-state index contributed by atoms with van der Waals surface area (Å²) in [4.78, 5) is 15.3. The standard InChI is InChI=1S/C20H22N4O4S2/c1-12-6-7-13(2)15(10-12)23-30(26,27)17-11-16(29-14(17)3)18-21-22-19(28-18)20(25)24-8-4-5-9-24/h6-7,10-11,23H,4-5,8-9H2,1-3H3. The number of hydrogen-bond acceptors (Lipinski definition) is 7. The molecule has 30 heavy (non-hydrogen) atoms. The molecule has 1 aliphatic heterocycles. The van der Waals surface area contributed by atoms with Gasteiger partial charge in [-0.3, -0.25) is 9.52 Å². The van der Waals surface area contributed by atoms with Crippen LogP contribution in [-0.4, -0.2) is 42.5 Å². The summed E-state index contributed by atoms with van der Waals surface area (Å²) in [6, 6.07) is 7.10. The number of nitrogens with one attached hydrogen (secondary N) is 1. The molecule has 1 N–H and O–H groups in total. The van der Waals surface area contributed by atoms with Crippen LogP contribution in [0, 0.1) is 20.8 Å².